The molecule has 0 aromatic rings. The number of ketones is 1. The predicted octanol–water partition coefficient (Wildman–Crippen LogP) is -1.83. The van der Waals surface area contributed by atoms with Crippen molar-refractivity contribution < 1.29 is 24.3 Å². The Morgan fingerprint density at radius 1 is 1.04 bits per heavy atom. The van der Waals surface area contributed by atoms with E-state index in [4.69, 9.17) is 11.5 Å². The minimum atomic E-state index is -1.27. The van der Waals surface area contributed by atoms with Gasteiger partial charge in [0.05, 0.1) is 12.1 Å². The minimum absolute atomic E-state index is 0.0589. The molecule has 9 heteroatoms. The molecule has 3 amide bonds. The van der Waals surface area contributed by atoms with Crippen LogP contribution in [0, 0.1) is 5.92 Å². The first-order valence-electron chi connectivity index (χ1n) is 7.78. The summed E-state index contributed by atoms with van der Waals surface area (Å²) in [6, 6.07) is -3.29. The van der Waals surface area contributed by atoms with E-state index in [1.165, 1.54) is 13.8 Å². The molecule has 0 saturated carbocycles. The Morgan fingerprint density at radius 2 is 1.58 bits per heavy atom. The number of Topliss-reactive ketones (excluding diaryl/α,β-unsaturated/α-hetero) is 1. The molecule has 0 fully saturated rings. The summed E-state index contributed by atoms with van der Waals surface area (Å²) in [5.41, 5.74) is 10.7. The lowest BCUT2D eigenvalue weighted by Gasteiger charge is -2.25. The van der Waals surface area contributed by atoms with Gasteiger partial charge in [-0.2, -0.15) is 0 Å². The molecule has 0 aliphatic rings. The third-order valence-corrected chi connectivity index (χ3v) is 3.27. The van der Waals surface area contributed by atoms with Gasteiger partial charge >= 0.3 is 0 Å². The molecule has 0 radical (unpaired) electrons. The van der Waals surface area contributed by atoms with Gasteiger partial charge in [0.25, 0.3) is 0 Å². The third kappa shape index (κ3) is 8.02. The Kier molecular flexibility index (Phi) is 9.16. The number of nitrogens with one attached hydrogen (secondary N) is 2. The highest BCUT2D eigenvalue weighted by Crippen LogP contribution is 2.07. The van der Waals surface area contributed by atoms with Crippen LogP contribution in [0.3, 0.4) is 0 Å². The molecule has 0 rings (SSSR count). The number of carbonyl (C=O) groups is 4. The van der Waals surface area contributed by atoms with Crippen molar-refractivity contribution in [2.24, 2.45) is 17.4 Å². The molecule has 0 bridgehead atoms. The van der Waals surface area contributed by atoms with E-state index in [1.807, 2.05) is 13.8 Å². The second kappa shape index (κ2) is 9.99. The normalized spacial score (nSPS) is 16.0. The van der Waals surface area contributed by atoms with E-state index in [0.717, 1.165) is 0 Å². The Balaban J connectivity index is 5.04. The lowest BCUT2D eigenvalue weighted by Crippen LogP contribution is -2.58. The van der Waals surface area contributed by atoms with Crippen LogP contribution in [-0.4, -0.2) is 52.8 Å². The van der Waals surface area contributed by atoms with Crippen LogP contribution in [-0.2, 0) is 19.2 Å². The SMILES string of the molecule is CC(=O)C[C@H](N)C(=O)N[C@@H](CC(C)C)C(=O)N[C@H](C(N)=O)[C@@H](C)O. The predicted molar refractivity (Wildman–Crippen MR) is 87.5 cm³/mol. The fraction of sp³-hybridized carbons (Fsp3) is 0.733. The van der Waals surface area contributed by atoms with Gasteiger partial charge in [-0.3, -0.25) is 19.2 Å². The Morgan fingerprint density at radius 3 is 1.96 bits per heavy atom. The molecule has 0 unspecified atom stereocenters. The van der Waals surface area contributed by atoms with Crippen LogP contribution in [0.4, 0.5) is 0 Å². The zero-order chi connectivity index (χ0) is 19.0. The van der Waals surface area contributed by atoms with Gasteiger partial charge in [-0.15, -0.1) is 0 Å². The highest BCUT2D eigenvalue weighted by Gasteiger charge is 2.29. The molecule has 9 nitrogen and oxygen atoms in total. The summed E-state index contributed by atoms with van der Waals surface area (Å²) in [7, 11) is 0. The lowest BCUT2D eigenvalue weighted by molar-refractivity contribution is -0.133. The molecule has 0 spiro atoms. The van der Waals surface area contributed by atoms with E-state index in [1.54, 1.807) is 0 Å². The van der Waals surface area contributed by atoms with Gasteiger partial charge in [0.15, 0.2) is 0 Å². The van der Waals surface area contributed by atoms with E-state index in [2.05, 4.69) is 10.6 Å². The zero-order valence-corrected chi connectivity index (χ0v) is 14.5. The maximum Gasteiger partial charge on any atom is 0.243 e. The monoisotopic (exact) mass is 344 g/mol. The Labute approximate surface area is 141 Å². The van der Waals surface area contributed by atoms with Crippen molar-refractivity contribution in [3.63, 3.8) is 0 Å². The number of carbonyl (C=O) groups excluding carboxylic acids is 4. The number of amides is 3. The summed E-state index contributed by atoms with van der Waals surface area (Å²) < 4.78 is 0. The topological polar surface area (TPSA) is 165 Å². The second-order valence-electron chi connectivity index (χ2n) is 6.33. The van der Waals surface area contributed by atoms with Gasteiger partial charge in [-0.1, -0.05) is 13.8 Å². The molecule has 0 saturated heterocycles. The van der Waals surface area contributed by atoms with Crippen LogP contribution in [0.5, 0.6) is 0 Å². The van der Waals surface area contributed by atoms with Gasteiger partial charge < -0.3 is 27.2 Å². The summed E-state index contributed by atoms with van der Waals surface area (Å²) in [4.78, 5) is 46.7. The molecule has 7 N–H and O–H groups in total. The molecule has 0 heterocycles. The number of primary amides is 1. The smallest absolute Gasteiger partial charge is 0.243 e. The van der Waals surface area contributed by atoms with Crippen molar-refractivity contribution in [1.29, 1.82) is 0 Å². The van der Waals surface area contributed by atoms with Gasteiger partial charge in [0.1, 0.15) is 17.9 Å². The fourth-order valence-electron chi connectivity index (χ4n) is 2.07. The van der Waals surface area contributed by atoms with Gasteiger partial charge in [-0.05, 0) is 26.2 Å². The molecule has 138 valence electrons. The summed E-state index contributed by atoms with van der Waals surface area (Å²) in [6.45, 7) is 6.32. The van der Waals surface area contributed by atoms with Crippen molar-refractivity contribution >= 4 is 23.5 Å². The average Bonchev–Trinajstić information content (AvgIpc) is 2.41. The minimum Gasteiger partial charge on any atom is -0.391 e. The molecule has 0 aromatic carbocycles. The number of rotatable bonds is 10. The van der Waals surface area contributed by atoms with Crippen molar-refractivity contribution in [2.45, 2.75) is 64.8 Å². The molecule has 24 heavy (non-hydrogen) atoms. The first kappa shape index (κ1) is 22.0. The third-order valence-electron chi connectivity index (χ3n) is 3.27. The molecular formula is C15H28N4O5. The Hall–Kier alpha value is -2.00. The van der Waals surface area contributed by atoms with Gasteiger partial charge in [0.2, 0.25) is 17.7 Å². The summed E-state index contributed by atoms with van der Waals surface area (Å²) >= 11 is 0. The largest absolute Gasteiger partial charge is 0.391 e. The number of nitrogens with two attached hydrogens (primary N) is 2. The first-order chi connectivity index (χ1) is 11.0. The summed E-state index contributed by atoms with van der Waals surface area (Å²) in [6.07, 6.45) is -1.03. The quantitative estimate of drug-likeness (QED) is 0.313. The maximum atomic E-state index is 12.3. The molecule has 4 atom stereocenters. The Bertz CT molecular complexity index is 478. The lowest BCUT2D eigenvalue weighted by atomic mass is 10.0. The summed E-state index contributed by atoms with van der Waals surface area (Å²) in [5, 5.41) is 14.3. The van der Waals surface area contributed by atoms with Crippen LogP contribution in [0.25, 0.3) is 0 Å². The van der Waals surface area contributed by atoms with Crippen LogP contribution in [0.2, 0.25) is 0 Å². The van der Waals surface area contributed by atoms with E-state index >= 15 is 0 Å². The highest BCUT2D eigenvalue weighted by molar-refractivity contribution is 5.94. The maximum absolute atomic E-state index is 12.3. The van der Waals surface area contributed by atoms with Crippen molar-refractivity contribution in [1.82, 2.24) is 10.6 Å². The van der Waals surface area contributed by atoms with Gasteiger partial charge in [0, 0.05) is 6.42 Å². The average molecular weight is 344 g/mol. The number of aliphatic hydroxyl groups is 1. The fourth-order valence-corrected chi connectivity index (χ4v) is 2.07. The van der Waals surface area contributed by atoms with Crippen molar-refractivity contribution in [2.75, 3.05) is 0 Å². The molecule has 0 aromatic heterocycles. The van der Waals surface area contributed by atoms with Crippen LogP contribution >= 0.6 is 0 Å². The first-order valence-corrected chi connectivity index (χ1v) is 7.78. The standard InChI is InChI=1S/C15H28N4O5/c1-7(2)5-11(18-14(23)10(16)6-8(3)20)15(24)19-12(9(4)21)13(17)22/h7,9-12,21H,5-6,16H2,1-4H3,(H2,17,22)(H,18,23)(H,19,24)/t9-,10+,11+,12+/m1/s1. The van der Waals surface area contributed by atoms with Crippen molar-refractivity contribution in [3.8, 4) is 0 Å². The second-order valence-corrected chi connectivity index (χ2v) is 6.33. The highest BCUT2D eigenvalue weighted by atomic mass is 16.3. The van der Waals surface area contributed by atoms with Crippen molar-refractivity contribution in [3.05, 3.63) is 0 Å². The molecule has 0 aliphatic heterocycles. The van der Waals surface area contributed by atoms with Crippen LogP contribution in [0.15, 0.2) is 0 Å². The molecule has 0 aliphatic carbocycles. The number of hydrogen-bond acceptors (Lipinski definition) is 6. The van der Waals surface area contributed by atoms with E-state index in [9.17, 15) is 24.3 Å². The van der Waals surface area contributed by atoms with E-state index < -0.39 is 42.0 Å². The number of hydrogen-bond donors (Lipinski definition) is 5. The van der Waals surface area contributed by atoms with Crippen LogP contribution < -0.4 is 22.1 Å². The van der Waals surface area contributed by atoms with Gasteiger partial charge in [-0.25, -0.2) is 0 Å². The molecular weight excluding hydrogens is 316 g/mol. The van der Waals surface area contributed by atoms with E-state index in [0.29, 0.717) is 0 Å². The van der Waals surface area contributed by atoms with Crippen LogP contribution in [0.1, 0.15) is 40.5 Å². The number of aliphatic hydroxyl groups excluding tert-OH is 1. The summed E-state index contributed by atoms with van der Waals surface area (Å²) in [5.74, 6) is -2.37. The van der Waals surface area contributed by atoms with E-state index in [-0.39, 0.29) is 24.5 Å². The zero-order valence-electron chi connectivity index (χ0n) is 14.5.